The van der Waals surface area contributed by atoms with E-state index in [0.717, 1.165) is 25.5 Å². The van der Waals surface area contributed by atoms with Crippen LogP contribution in [0.3, 0.4) is 0 Å². The predicted octanol–water partition coefficient (Wildman–Crippen LogP) is 2.80. The maximum atomic E-state index is 6.13. The quantitative estimate of drug-likeness (QED) is 0.857. The summed E-state index contributed by atoms with van der Waals surface area (Å²) in [6.45, 7) is 6.57. The van der Waals surface area contributed by atoms with Crippen molar-refractivity contribution in [3.63, 3.8) is 0 Å². The molecule has 1 aliphatic carbocycles. The molecule has 0 aromatic carbocycles. The lowest BCUT2D eigenvalue weighted by Gasteiger charge is -2.45. The molecular weight excluding hydrogens is 266 g/mol. The number of anilines is 1. The average Bonchev–Trinajstić information content (AvgIpc) is 2.48. The van der Waals surface area contributed by atoms with Gasteiger partial charge in [-0.2, -0.15) is 4.98 Å². The fourth-order valence-electron chi connectivity index (χ4n) is 3.33. The van der Waals surface area contributed by atoms with E-state index in [4.69, 9.17) is 9.47 Å². The minimum atomic E-state index is 0.0348. The number of hydrogen-bond acceptors (Lipinski definition) is 5. The van der Waals surface area contributed by atoms with Gasteiger partial charge in [0.25, 0.3) is 0 Å². The molecule has 0 bridgehead atoms. The molecular formula is C16H25N3O2. The highest BCUT2D eigenvalue weighted by Crippen LogP contribution is 2.35. The van der Waals surface area contributed by atoms with Gasteiger partial charge in [-0.3, -0.25) is 4.98 Å². The Hall–Kier alpha value is -1.36. The van der Waals surface area contributed by atoms with Crippen LogP contribution in [0.5, 0.6) is 5.88 Å². The molecule has 0 radical (unpaired) electrons. The second kappa shape index (κ2) is 6.18. The Morgan fingerprint density at radius 3 is 2.81 bits per heavy atom. The molecule has 0 unspecified atom stereocenters. The third-order valence-electron chi connectivity index (χ3n) is 4.29. The lowest BCUT2D eigenvalue weighted by atomic mass is 9.83. The van der Waals surface area contributed by atoms with Crippen molar-refractivity contribution < 1.29 is 9.47 Å². The van der Waals surface area contributed by atoms with E-state index in [-0.39, 0.29) is 11.7 Å². The number of aromatic nitrogens is 2. The van der Waals surface area contributed by atoms with Crippen LogP contribution >= 0.6 is 0 Å². The van der Waals surface area contributed by atoms with E-state index in [1.54, 1.807) is 6.20 Å². The predicted molar refractivity (Wildman–Crippen MR) is 81.8 cm³/mol. The van der Waals surface area contributed by atoms with Gasteiger partial charge in [0.1, 0.15) is 0 Å². The molecule has 1 spiro atoms. The third-order valence-corrected chi connectivity index (χ3v) is 4.29. The maximum Gasteiger partial charge on any atom is 0.234 e. The lowest BCUT2D eigenvalue weighted by Crippen LogP contribution is -2.53. The van der Waals surface area contributed by atoms with Crippen molar-refractivity contribution in [2.75, 3.05) is 24.6 Å². The van der Waals surface area contributed by atoms with Gasteiger partial charge < -0.3 is 14.4 Å². The standard InChI is InChI=1S/C16H25N3O2/c1-13(2)21-15-11-17-10-14(18-15)19-8-9-20-16(12-19)6-4-3-5-7-16/h10-11,13H,3-9,12H2,1-2H3. The van der Waals surface area contributed by atoms with Crippen LogP contribution in [0.25, 0.3) is 0 Å². The van der Waals surface area contributed by atoms with Crippen LogP contribution in [0.15, 0.2) is 12.4 Å². The van der Waals surface area contributed by atoms with Crippen molar-refractivity contribution in [2.45, 2.75) is 57.7 Å². The van der Waals surface area contributed by atoms with Crippen LogP contribution in [0.2, 0.25) is 0 Å². The van der Waals surface area contributed by atoms with E-state index >= 15 is 0 Å². The lowest BCUT2D eigenvalue weighted by molar-refractivity contribution is -0.0784. The summed E-state index contributed by atoms with van der Waals surface area (Å²) in [6.07, 6.45) is 9.84. The Kier molecular flexibility index (Phi) is 4.29. The van der Waals surface area contributed by atoms with Crippen LogP contribution in [-0.4, -0.2) is 41.4 Å². The Morgan fingerprint density at radius 1 is 1.24 bits per heavy atom. The second-order valence-corrected chi connectivity index (χ2v) is 6.40. The van der Waals surface area contributed by atoms with Gasteiger partial charge in [0.15, 0.2) is 5.82 Å². The van der Waals surface area contributed by atoms with E-state index in [1.165, 1.54) is 32.1 Å². The summed E-state index contributed by atoms with van der Waals surface area (Å²) in [6, 6.07) is 0. The van der Waals surface area contributed by atoms with E-state index in [1.807, 2.05) is 20.0 Å². The Labute approximate surface area is 126 Å². The molecule has 2 fully saturated rings. The van der Waals surface area contributed by atoms with Crippen LogP contribution in [0.1, 0.15) is 46.0 Å². The molecule has 1 aromatic heterocycles. The van der Waals surface area contributed by atoms with Gasteiger partial charge in [-0.15, -0.1) is 0 Å². The molecule has 116 valence electrons. The normalized spacial score (nSPS) is 21.8. The van der Waals surface area contributed by atoms with Crippen LogP contribution in [-0.2, 0) is 4.74 Å². The topological polar surface area (TPSA) is 47.5 Å². The van der Waals surface area contributed by atoms with Crippen molar-refractivity contribution in [3.8, 4) is 5.88 Å². The fourth-order valence-corrected chi connectivity index (χ4v) is 3.33. The summed E-state index contributed by atoms with van der Waals surface area (Å²) in [7, 11) is 0. The van der Waals surface area contributed by atoms with Crippen molar-refractivity contribution in [1.82, 2.24) is 9.97 Å². The van der Waals surface area contributed by atoms with Gasteiger partial charge in [-0.25, -0.2) is 0 Å². The van der Waals surface area contributed by atoms with E-state index in [0.29, 0.717) is 5.88 Å². The van der Waals surface area contributed by atoms with Crippen LogP contribution < -0.4 is 9.64 Å². The monoisotopic (exact) mass is 291 g/mol. The van der Waals surface area contributed by atoms with Gasteiger partial charge in [0.05, 0.1) is 30.7 Å². The minimum absolute atomic E-state index is 0.0348. The maximum absolute atomic E-state index is 6.13. The largest absolute Gasteiger partial charge is 0.474 e. The van der Waals surface area contributed by atoms with Gasteiger partial charge in [-0.1, -0.05) is 19.3 Å². The summed E-state index contributed by atoms with van der Waals surface area (Å²) in [5.41, 5.74) is 0.0348. The zero-order valence-electron chi connectivity index (χ0n) is 13.0. The number of ether oxygens (including phenoxy) is 2. The number of rotatable bonds is 3. The third kappa shape index (κ3) is 3.46. The molecule has 5 heteroatoms. The molecule has 1 saturated carbocycles. The van der Waals surface area contributed by atoms with Gasteiger partial charge in [0.2, 0.25) is 5.88 Å². The average molecular weight is 291 g/mol. The van der Waals surface area contributed by atoms with Crippen molar-refractivity contribution in [2.24, 2.45) is 0 Å². The fraction of sp³-hybridized carbons (Fsp3) is 0.750. The van der Waals surface area contributed by atoms with E-state index < -0.39 is 0 Å². The second-order valence-electron chi connectivity index (χ2n) is 6.40. The highest BCUT2D eigenvalue weighted by molar-refractivity contribution is 5.39. The van der Waals surface area contributed by atoms with Crippen molar-refractivity contribution in [3.05, 3.63) is 12.4 Å². The minimum Gasteiger partial charge on any atom is -0.474 e. The molecule has 3 rings (SSSR count). The molecule has 5 nitrogen and oxygen atoms in total. The highest BCUT2D eigenvalue weighted by Gasteiger charge is 2.38. The molecule has 2 aliphatic rings. The summed E-state index contributed by atoms with van der Waals surface area (Å²) in [4.78, 5) is 11.2. The summed E-state index contributed by atoms with van der Waals surface area (Å²) in [5, 5.41) is 0. The van der Waals surface area contributed by atoms with Crippen molar-refractivity contribution >= 4 is 5.82 Å². The molecule has 1 aliphatic heterocycles. The van der Waals surface area contributed by atoms with Crippen LogP contribution in [0.4, 0.5) is 5.82 Å². The zero-order chi connectivity index (χ0) is 14.7. The van der Waals surface area contributed by atoms with E-state index in [2.05, 4.69) is 14.9 Å². The molecule has 21 heavy (non-hydrogen) atoms. The molecule has 1 saturated heterocycles. The number of hydrogen-bond donors (Lipinski definition) is 0. The van der Waals surface area contributed by atoms with Crippen molar-refractivity contribution in [1.29, 1.82) is 0 Å². The molecule has 1 aromatic rings. The number of morpholine rings is 1. The van der Waals surface area contributed by atoms with E-state index in [9.17, 15) is 0 Å². The molecule has 0 N–H and O–H groups in total. The summed E-state index contributed by atoms with van der Waals surface area (Å²) in [5.74, 6) is 1.51. The Morgan fingerprint density at radius 2 is 2.05 bits per heavy atom. The zero-order valence-corrected chi connectivity index (χ0v) is 13.0. The molecule has 0 amide bonds. The van der Waals surface area contributed by atoms with Gasteiger partial charge >= 0.3 is 0 Å². The highest BCUT2D eigenvalue weighted by atomic mass is 16.5. The summed E-state index contributed by atoms with van der Waals surface area (Å²) < 4.78 is 11.8. The Balaban J connectivity index is 1.73. The molecule has 2 heterocycles. The smallest absolute Gasteiger partial charge is 0.234 e. The first kappa shape index (κ1) is 14.6. The first-order chi connectivity index (χ1) is 10.2. The first-order valence-electron chi connectivity index (χ1n) is 8.05. The summed E-state index contributed by atoms with van der Waals surface area (Å²) >= 11 is 0. The van der Waals surface area contributed by atoms with Gasteiger partial charge in [0, 0.05) is 13.1 Å². The van der Waals surface area contributed by atoms with Gasteiger partial charge in [-0.05, 0) is 26.7 Å². The number of nitrogens with zero attached hydrogens (tertiary/aromatic N) is 3. The van der Waals surface area contributed by atoms with Crippen LogP contribution in [0, 0.1) is 0 Å². The SMILES string of the molecule is CC(C)Oc1cncc(N2CCOC3(CCCCC3)C2)n1. The first-order valence-corrected chi connectivity index (χ1v) is 8.05. The molecule has 0 atom stereocenters. The Bertz CT molecular complexity index is 467.